The molecule has 0 amide bonds. The molecule has 0 heterocycles. The van der Waals surface area contributed by atoms with Gasteiger partial charge in [0.1, 0.15) is 0 Å². The molecule has 2 atom stereocenters. The summed E-state index contributed by atoms with van der Waals surface area (Å²) >= 11 is 0. The van der Waals surface area contributed by atoms with Crippen LogP contribution in [-0.4, -0.2) is 23.3 Å². The van der Waals surface area contributed by atoms with E-state index in [1.165, 1.54) is 0 Å². The molecular formula is C10H20O3. The maximum atomic E-state index is 11.1. The average molecular weight is 188 g/mol. The van der Waals surface area contributed by atoms with Crippen molar-refractivity contribution in [2.45, 2.75) is 52.7 Å². The lowest BCUT2D eigenvalue weighted by Crippen LogP contribution is -2.23. The van der Waals surface area contributed by atoms with Gasteiger partial charge in [0.15, 0.2) is 0 Å². The van der Waals surface area contributed by atoms with E-state index in [1.54, 1.807) is 13.8 Å². The highest BCUT2D eigenvalue weighted by Crippen LogP contribution is 2.11. The predicted molar refractivity (Wildman–Crippen MR) is 51.3 cm³/mol. The minimum absolute atomic E-state index is 0.100. The summed E-state index contributed by atoms with van der Waals surface area (Å²) < 4.78 is 4.92. The van der Waals surface area contributed by atoms with Crippen LogP contribution >= 0.6 is 0 Å². The van der Waals surface area contributed by atoms with E-state index < -0.39 is 6.10 Å². The number of carbonyl (C=O) groups excluding carboxylic acids is 1. The zero-order chi connectivity index (χ0) is 10.4. The second kappa shape index (κ2) is 5.97. The van der Waals surface area contributed by atoms with Crippen LogP contribution in [0.4, 0.5) is 0 Å². The van der Waals surface area contributed by atoms with E-state index in [-0.39, 0.29) is 24.4 Å². The summed E-state index contributed by atoms with van der Waals surface area (Å²) in [5, 5.41) is 9.50. The molecule has 0 saturated heterocycles. The number of hydrogen-bond acceptors (Lipinski definition) is 3. The van der Waals surface area contributed by atoms with Crippen LogP contribution in [0.5, 0.6) is 0 Å². The van der Waals surface area contributed by atoms with Crippen molar-refractivity contribution in [3.8, 4) is 0 Å². The third kappa shape index (κ3) is 5.64. The van der Waals surface area contributed by atoms with Crippen LogP contribution in [0, 0.1) is 5.92 Å². The molecule has 0 aliphatic heterocycles. The van der Waals surface area contributed by atoms with E-state index in [0.717, 1.165) is 6.42 Å². The van der Waals surface area contributed by atoms with Crippen LogP contribution in [-0.2, 0) is 9.53 Å². The Morgan fingerprint density at radius 2 is 1.92 bits per heavy atom. The molecule has 0 radical (unpaired) electrons. The number of ether oxygens (including phenoxy) is 1. The molecule has 0 aliphatic carbocycles. The fourth-order valence-corrected chi connectivity index (χ4v) is 0.955. The molecule has 78 valence electrons. The van der Waals surface area contributed by atoms with Crippen molar-refractivity contribution < 1.29 is 14.6 Å². The first-order chi connectivity index (χ1) is 5.97. The van der Waals surface area contributed by atoms with E-state index in [4.69, 9.17) is 4.74 Å². The first kappa shape index (κ1) is 12.4. The largest absolute Gasteiger partial charge is 0.463 e. The molecule has 0 rings (SSSR count). The molecule has 1 N–H and O–H groups in total. The molecule has 0 saturated carbocycles. The van der Waals surface area contributed by atoms with Crippen LogP contribution in [0.25, 0.3) is 0 Å². The summed E-state index contributed by atoms with van der Waals surface area (Å²) in [4.78, 5) is 11.1. The van der Waals surface area contributed by atoms with Gasteiger partial charge in [-0.3, -0.25) is 4.79 Å². The van der Waals surface area contributed by atoms with E-state index >= 15 is 0 Å². The monoisotopic (exact) mass is 188 g/mol. The number of aliphatic hydroxyl groups excluding tert-OH is 1. The van der Waals surface area contributed by atoms with Gasteiger partial charge in [-0.05, 0) is 19.8 Å². The second-order valence-electron chi connectivity index (χ2n) is 3.70. The van der Waals surface area contributed by atoms with Crippen molar-refractivity contribution >= 4 is 5.97 Å². The number of rotatable bonds is 5. The summed E-state index contributed by atoms with van der Waals surface area (Å²) in [6.45, 7) is 7.51. The Balaban J connectivity index is 3.77. The van der Waals surface area contributed by atoms with Gasteiger partial charge in [0, 0.05) is 0 Å². The predicted octanol–water partition coefficient (Wildman–Crippen LogP) is 1.74. The van der Waals surface area contributed by atoms with Gasteiger partial charge in [-0.25, -0.2) is 0 Å². The molecule has 0 aliphatic rings. The summed E-state index contributed by atoms with van der Waals surface area (Å²) in [7, 11) is 0. The molecular weight excluding hydrogens is 168 g/mol. The summed E-state index contributed by atoms with van der Waals surface area (Å²) in [5.41, 5.74) is 0. The van der Waals surface area contributed by atoms with Crippen molar-refractivity contribution in [2.24, 2.45) is 5.92 Å². The molecule has 0 bridgehead atoms. The second-order valence-corrected chi connectivity index (χ2v) is 3.70. The summed E-state index contributed by atoms with van der Waals surface area (Å²) in [6, 6.07) is 0. The number of hydrogen-bond donors (Lipinski definition) is 1. The van der Waals surface area contributed by atoms with Gasteiger partial charge in [0.25, 0.3) is 0 Å². The van der Waals surface area contributed by atoms with E-state index in [9.17, 15) is 9.90 Å². The van der Waals surface area contributed by atoms with Gasteiger partial charge in [-0.15, -0.1) is 0 Å². The van der Waals surface area contributed by atoms with Crippen molar-refractivity contribution in [3.05, 3.63) is 0 Å². The van der Waals surface area contributed by atoms with Crippen molar-refractivity contribution in [2.75, 3.05) is 0 Å². The highest BCUT2D eigenvalue weighted by atomic mass is 16.5. The third-order valence-corrected chi connectivity index (χ3v) is 2.04. The molecule has 0 aromatic rings. The standard InChI is InChI=1S/C10H20O3/c1-5-8(4)9(11)6-10(12)13-7(2)3/h7-9,11H,5-6H2,1-4H3. The van der Waals surface area contributed by atoms with Crippen LogP contribution in [0.3, 0.4) is 0 Å². The Bertz CT molecular complexity index is 154. The molecule has 2 unspecified atom stereocenters. The zero-order valence-corrected chi connectivity index (χ0v) is 8.91. The lowest BCUT2D eigenvalue weighted by Gasteiger charge is -2.16. The van der Waals surface area contributed by atoms with Gasteiger partial charge in [0.05, 0.1) is 18.6 Å². The van der Waals surface area contributed by atoms with Gasteiger partial charge < -0.3 is 9.84 Å². The summed E-state index contributed by atoms with van der Waals surface area (Å²) in [6.07, 6.45) is 0.302. The van der Waals surface area contributed by atoms with Crippen LogP contribution in [0.15, 0.2) is 0 Å². The fourth-order valence-electron chi connectivity index (χ4n) is 0.955. The maximum Gasteiger partial charge on any atom is 0.308 e. The Morgan fingerprint density at radius 3 is 2.31 bits per heavy atom. The lowest BCUT2D eigenvalue weighted by molar-refractivity contribution is -0.150. The van der Waals surface area contributed by atoms with Gasteiger partial charge in [-0.1, -0.05) is 20.3 Å². The number of aliphatic hydroxyl groups is 1. The molecule has 0 aromatic carbocycles. The quantitative estimate of drug-likeness (QED) is 0.668. The number of esters is 1. The Labute approximate surface area is 80.1 Å². The van der Waals surface area contributed by atoms with Gasteiger partial charge >= 0.3 is 5.97 Å². The van der Waals surface area contributed by atoms with E-state index in [0.29, 0.717) is 0 Å². The highest BCUT2D eigenvalue weighted by Gasteiger charge is 2.17. The van der Waals surface area contributed by atoms with Crippen molar-refractivity contribution in [3.63, 3.8) is 0 Å². The van der Waals surface area contributed by atoms with E-state index in [2.05, 4.69) is 0 Å². The Kier molecular flexibility index (Phi) is 5.71. The summed E-state index contributed by atoms with van der Waals surface area (Å²) in [5.74, 6) is -0.164. The number of carbonyl (C=O) groups is 1. The van der Waals surface area contributed by atoms with Crippen LogP contribution in [0.2, 0.25) is 0 Å². The molecule has 0 spiro atoms. The average Bonchev–Trinajstić information content (AvgIpc) is 2.01. The lowest BCUT2D eigenvalue weighted by atomic mass is 9.99. The van der Waals surface area contributed by atoms with Crippen LogP contribution in [0.1, 0.15) is 40.5 Å². The first-order valence-electron chi connectivity index (χ1n) is 4.84. The maximum absolute atomic E-state index is 11.1. The minimum atomic E-state index is -0.573. The third-order valence-electron chi connectivity index (χ3n) is 2.04. The first-order valence-corrected chi connectivity index (χ1v) is 4.84. The van der Waals surface area contributed by atoms with Gasteiger partial charge in [-0.2, -0.15) is 0 Å². The Morgan fingerprint density at radius 1 is 1.38 bits per heavy atom. The Hall–Kier alpha value is -0.570. The molecule has 0 fully saturated rings. The SMILES string of the molecule is CCC(C)C(O)CC(=O)OC(C)C. The zero-order valence-electron chi connectivity index (χ0n) is 8.91. The molecule has 0 aromatic heterocycles. The minimum Gasteiger partial charge on any atom is -0.463 e. The van der Waals surface area contributed by atoms with E-state index in [1.807, 2.05) is 13.8 Å². The van der Waals surface area contributed by atoms with Crippen molar-refractivity contribution in [1.29, 1.82) is 0 Å². The highest BCUT2D eigenvalue weighted by molar-refractivity contribution is 5.70. The van der Waals surface area contributed by atoms with Crippen LogP contribution < -0.4 is 0 Å². The normalized spacial score (nSPS) is 15.5. The van der Waals surface area contributed by atoms with Gasteiger partial charge in [0.2, 0.25) is 0 Å². The molecule has 3 heteroatoms. The molecule has 3 nitrogen and oxygen atoms in total. The smallest absolute Gasteiger partial charge is 0.308 e. The van der Waals surface area contributed by atoms with Crippen molar-refractivity contribution in [1.82, 2.24) is 0 Å². The topological polar surface area (TPSA) is 46.5 Å². The fraction of sp³-hybridized carbons (Fsp3) is 0.900. The molecule has 13 heavy (non-hydrogen) atoms.